The van der Waals surface area contributed by atoms with Crippen LogP contribution in [0.5, 0.6) is 0 Å². The minimum atomic E-state index is -4.50. The van der Waals surface area contributed by atoms with Crippen LogP contribution in [0.15, 0.2) is 12.1 Å². The lowest BCUT2D eigenvalue weighted by Gasteiger charge is -2.05. The first-order valence-electron chi connectivity index (χ1n) is 3.00. The molecular weight excluding hydrogens is 169 g/mol. The van der Waals surface area contributed by atoms with Crippen molar-refractivity contribution in [1.29, 1.82) is 0 Å². The van der Waals surface area contributed by atoms with Crippen molar-refractivity contribution in [2.45, 2.75) is 6.18 Å². The van der Waals surface area contributed by atoms with Crippen LogP contribution in [0.1, 0.15) is 15.9 Å². The molecule has 0 saturated carbocycles. The van der Waals surface area contributed by atoms with Gasteiger partial charge in [0.25, 0.3) is 0 Å². The summed E-state index contributed by atoms with van der Waals surface area (Å²) in [7, 11) is 0. The van der Waals surface area contributed by atoms with Crippen LogP contribution in [-0.2, 0) is 6.18 Å². The van der Waals surface area contributed by atoms with Gasteiger partial charge in [-0.15, -0.1) is 0 Å². The Morgan fingerprint density at radius 2 is 1.83 bits per heavy atom. The van der Waals surface area contributed by atoms with Gasteiger partial charge in [0, 0.05) is 11.6 Å². The maximum atomic E-state index is 12.0. The second kappa shape index (κ2) is 2.86. The number of carbonyl (C=O) groups excluding carboxylic acids is 1. The lowest BCUT2D eigenvalue weighted by atomic mass is 10.1. The van der Waals surface area contributed by atoms with Gasteiger partial charge in [0.05, 0.1) is 5.56 Å². The smallest absolute Gasteiger partial charge is 0.298 e. The summed E-state index contributed by atoms with van der Waals surface area (Å²) in [6, 6.07) is 6.06. The Morgan fingerprint density at radius 3 is 2.25 bits per heavy atom. The molecule has 12 heavy (non-hydrogen) atoms. The van der Waals surface area contributed by atoms with Gasteiger partial charge < -0.3 is 0 Å². The van der Waals surface area contributed by atoms with E-state index in [4.69, 9.17) is 0 Å². The Kier molecular flexibility index (Phi) is 2.05. The minimum absolute atomic E-state index is 0.146. The molecule has 4 heteroatoms. The Bertz CT molecular complexity index is 291. The van der Waals surface area contributed by atoms with Crippen LogP contribution in [0.2, 0.25) is 0 Å². The summed E-state index contributed by atoms with van der Waals surface area (Å²) in [5, 5.41) is 0. The summed E-state index contributed by atoms with van der Waals surface area (Å²) in [5.74, 6) is 0. The summed E-state index contributed by atoms with van der Waals surface area (Å²) in [5.41, 5.74) is -1.39. The van der Waals surface area contributed by atoms with Crippen molar-refractivity contribution in [3.63, 3.8) is 0 Å². The monoisotopic (exact) mass is 172 g/mol. The molecule has 0 fully saturated rings. The molecule has 0 bridgehead atoms. The highest BCUT2D eigenvalue weighted by Gasteiger charge is 2.32. The van der Waals surface area contributed by atoms with Crippen molar-refractivity contribution in [1.82, 2.24) is 0 Å². The molecule has 1 nitrogen and oxygen atoms in total. The molecule has 0 spiro atoms. The summed E-state index contributed by atoms with van der Waals surface area (Å²) in [6.45, 7) is 0. The highest BCUT2D eigenvalue weighted by Crippen LogP contribution is 2.30. The number of aldehydes is 1. The van der Waals surface area contributed by atoms with Gasteiger partial charge >= 0.3 is 6.18 Å². The first-order chi connectivity index (χ1) is 5.55. The highest BCUT2D eigenvalue weighted by atomic mass is 19.4. The third-order valence-corrected chi connectivity index (χ3v) is 1.27. The predicted molar refractivity (Wildman–Crippen MR) is 34.5 cm³/mol. The van der Waals surface area contributed by atoms with E-state index in [2.05, 4.69) is 12.1 Å². The third-order valence-electron chi connectivity index (χ3n) is 1.27. The summed E-state index contributed by atoms with van der Waals surface area (Å²) in [6.07, 6.45) is -4.35. The van der Waals surface area contributed by atoms with Gasteiger partial charge in [-0.2, -0.15) is 13.2 Å². The van der Waals surface area contributed by atoms with E-state index in [1.165, 1.54) is 0 Å². The second-order valence-electron chi connectivity index (χ2n) is 2.06. The molecular formula is C8H3F3O. The van der Waals surface area contributed by atoms with Crippen LogP contribution in [0.25, 0.3) is 0 Å². The Labute approximate surface area is 66.8 Å². The first kappa shape index (κ1) is 8.60. The van der Waals surface area contributed by atoms with Crippen molar-refractivity contribution >= 4 is 6.29 Å². The fourth-order valence-corrected chi connectivity index (χ4v) is 0.737. The van der Waals surface area contributed by atoms with Gasteiger partial charge in [0.2, 0.25) is 0 Å². The van der Waals surface area contributed by atoms with Crippen LogP contribution in [-0.4, -0.2) is 6.29 Å². The molecule has 0 N–H and O–H groups in total. The van der Waals surface area contributed by atoms with Gasteiger partial charge in [-0.05, 0) is 6.07 Å². The van der Waals surface area contributed by atoms with Crippen molar-refractivity contribution in [2.24, 2.45) is 0 Å². The second-order valence-corrected chi connectivity index (χ2v) is 2.06. The molecule has 0 aliphatic rings. The molecule has 62 valence electrons. The number of hydrogen-bond acceptors (Lipinski definition) is 1. The van der Waals surface area contributed by atoms with Crippen LogP contribution < -0.4 is 0 Å². The Morgan fingerprint density at radius 1 is 1.25 bits per heavy atom. The third kappa shape index (κ3) is 1.56. The molecule has 0 radical (unpaired) electrons. The van der Waals surface area contributed by atoms with Gasteiger partial charge in [-0.25, -0.2) is 0 Å². The molecule has 1 aromatic carbocycles. The van der Waals surface area contributed by atoms with Crippen molar-refractivity contribution in [3.8, 4) is 0 Å². The van der Waals surface area contributed by atoms with E-state index in [1.807, 2.05) is 0 Å². The molecule has 1 rings (SSSR count). The largest absolute Gasteiger partial charge is 0.417 e. The average Bonchev–Trinajstić information content (AvgIpc) is 2.03. The molecule has 0 aromatic heterocycles. The normalized spacial score (nSPS) is 10.6. The van der Waals surface area contributed by atoms with Gasteiger partial charge in [-0.1, -0.05) is 12.1 Å². The number of halogens is 3. The van der Waals surface area contributed by atoms with Crippen LogP contribution >= 0.6 is 0 Å². The standard InChI is InChI=1S/C8H3F3O/c9-8(10,11)7-4-2-1-3-6(7)5-12/h3-5H. The van der Waals surface area contributed by atoms with Crippen LogP contribution in [0.3, 0.4) is 0 Å². The van der Waals surface area contributed by atoms with E-state index in [0.29, 0.717) is 6.07 Å². The van der Waals surface area contributed by atoms with Gasteiger partial charge in [0.1, 0.15) is 0 Å². The van der Waals surface area contributed by atoms with Crippen molar-refractivity contribution in [3.05, 3.63) is 35.4 Å². The summed E-state index contributed by atoms with van der Waals surface area (Å²) in [4.78, 5) is 10.1. The number of carbonyl (C=O) groups is 1. The molecule has 0 unspecified atom stereocenters. The number of alkyl halides is 3. The fraction of sp³-hybridized carbons (Fsp3) is 0.125. The van der Waals surface area contributed by atoms with Crippen LogP contribution in [0, 0.1) is 12.1 Å². The topological polar surface area (TPSA) is 17.1 Å². The van der Waals surface area contributed by atoms with E-state index >= 15 is 0 Å². The molecule has 0 saturated heterocycles. The van der Waals surface area contributed by atoms with E-state index in [-0.39, 0.29) is 6.29 Å². The maximum absolute atomic E-state index is 12.0. The predicted octanol–water partition coefficient (Wildman–Crippen LogP) is 2.12. The van der Waals surface area contributed by atoms with Gasteiger partial charge in [0.15, 0.2) is 6.29 Å². The van der Waals surface area contributed by atoms with E-state index in [9.17, 15) is 18.0 Å². The lowest BCUT2D eigenvalue weighted by Crippen LogP contribution is -2.07. The molecule has 0 aliphatic heterocycles. The molecule has 0 aliphatic carbocycles. The summed E-state index contributed by atoms with van der Waals surface area (Å²) < 4.78 is 36.1. The van der Waals surface area contributed by atoms with E-state index in [1.54, 1.807) is 0 Å². The van der Waals surface area contributed by atoms with Crippen LogP contribution in [0.4, 0.5) is 13.2 Å². The Balaban J connectivity index is 3.23. The maximum Gasteiger partial charge on any atom is 0.417 e. The number of rotatable bonds is 1. The zero-order chi connectivity index (χ0) is 9.19. The first-order valence-corrected chi connectivity index (χ1v) is 3.00. The highest BCUT2D eigenvalue weighted by molar-refractivity contribution is 5.77. The SMILES string of the molecule is O=Cc1cc#ccc1C(F)(F)F. The Hall–Kier alpha value is -1.50. The van der Waals surface area contributed by atoms with Crippen molar-refractivity contribution in [2.75, 3.05) is 0 Å². The van der Waals surface area contributed by atoms with E-state index < -0.39 is 17.3 Å². The van der Waals surface area contributed by atoms with E-state index in [0.717, 1.165) is 6.07 Å². The van der Waals surface area contributed by atoms with Gasteiger partial charge in [-0.3, -0.25) is 4.79 Å². The average molecular weight is 172 g/mol. The zero-order valence-electron chi connectivity index (χ0n) is 5.77. The van der Waals surface area contributed by atoms with Crippen molar-refractivity contribution < 1.29 is 18.0 Å². The molecule has 0 heterocycles. The molecule has 0 atom stereocenters. The molecule has 0 amide bonds. The lowest BCUT2D eigenvalue weighted by molar-refractivity contribution is -0.137. The molecule has 1 aromatic rings. The fourth-order valence-electron chi connectivity index (χ4n) is 0.737. The quantitative estimate of drug-likeness (QED) is 0.593. The zero-order valence-corrected chi connectivity index (χ0v) is 5.77. The minimum Gasteiger partial charge on any atom is -0.298 e. The number of hydrogen-bond donors (Lipinski definition) is 0. The summed E-state index contributed by atoms with van der Waals surface area (Å²) >= 11 is 0.